The van der Waals surface area contributed by atoms with E-state index in [1.165, 1.54) is 5.56 Å². The number of rotatable bonds is 0. The van der Waals surface area contributed by atoms with E-state index < -0.39 is 5.60 Å². The van der Waals surface area contributed by atoms with E-state index in [4.69, 9.17) is 0 Å². The van der Waals surface area contributed by atoms with Crippen LogP contribution >= 0.6 is 0 Å². The molecule has 0 heterocycles. The summed E-state index contributed by atoms with van der Waals surface area (Å²) >= 11 is 0. The molecular formula is C12H14O2. The van der Waals surface area contributed by atoms with E-state index >= 15 is 0 Å². The van der Waals surface area contributed by atoms with E-state index in [1.807, 2.05) is 26.0 Å². The number of Topliss-reactive ketones (excluding diaryl/α,β-unsaturated/α-hetero) is 1. The maximum Gasteiger partial charge on any atom is 0.194 e. The predicted molar refractivity (Wildman–Crippen MR) is 54.6 cm³/mol. The molecule has 1 aliphatic carbocycles. The first-order chi connectivity index (χ1) is 6.42. The minimum absolute atomic E-state index is 0.143. The van der Waals surface area contributed by atoms with Gasteiger partial charge in [-0.15, -0.1) is 0 Å². The van der Waals surface area contributed by atoms with Crippen molar-refractivity contribution in [3.63, 3.8) is 0 Å². The van der Waals surface area contributed by atoms with Crippen molar-refractivity contribution in [1.29, 1.82) is 0 Å². The fraction of sp³-hybridized carbons (Fsp3) is 0.417. The molecule has 0 saturated heterocycles. The van der Waals surface area contributed by atoms with E-state index in [0.717, 1.165) is 11.1 Å². The van der Waals surface area contributed by atoms with Crippen molar-refractivity contribution in [3.8, 4) is 0 Å². The molecule has 1 N–H and O–H groups in total. The van der Waals surface area contributed by atoms with E-state index in [-0.39, 0.29) is 5.78 Å². The zero-order valence-corrected chi connectivity index (χ0v) is 8.72. The average Bonchev–Trinajstić information content (AvgIpc) is 2.28. The number of ketones is 1. The molecule has 2 rings (SSSR count). The Labute approximate surface area is 83.6 Å². The third kappa shape index (κ3) is 1.18. The van der Waals surface area contributed by atoms with E-state index in [0.29, 0.717) is 12.0 Å². The molecule has 1 atom stereocenters. The number of aryl methyl sites for hydroxylation is 2. The quantitative estimate of drug-likeness (QED) is 0.677. The average molecular weight is 190 g/mol. The Morgan fingerprint density at radius 3 is 2.50 bits per heavy atom. The summed E-state index contributed by atoms with van der Waals surface area (Å²) in [5, 5.41) is 9.82. The van der Waals surface area contributed by atoms with Crippen LogP contribution in [0.5, 0.6) is 0 Å². The Kier molecular flexibility index (Phi) is 1.80. The molecule has 2 heteroatoms. The van der Waals surface area contributed by atoms with Gasteiger partial charge >= 0.3 is 0 Å². The Hall–Kier alpha value is -1.15. The lowest BCUT2D eigenvalue weighted by Gasteiger charge is -2.11. The van der Waals surface area contributed by atoms with Gasteiger partial charge in [-0.2, -0.15) is 0 Å². The highest BCUT2D eigenvalue weighted by Crippen LogP contribution is 2.31. The smallest absolute Gasteiger partial charge is 0.194 e. The summed E-state index contributed by atoms with van der Waals surface area (Å²) < 4.78 is 0. The number of carbonyl (C=O) groups is 1. The standard InChI is InChI=1S/C12H14O2/c1-7-4-9-6-12(3,14)11(13)10(9)5-8(7)2/h4-5,14H,6H2,1-3H3. The van der Waals surface area contributed by atoms with Gasteiger partial charge in [-0.05, 0) is 43.5 Å². The first-order valence-corrected chi connectivity index (χ1v) is 4.79. The van der Waals surface area contributed by atoms with Crippen molar-refractivity contribution in [2.75, 3.05) is 0 Å². The molecule has 0 aliphatic heterocycles. The summed E-state index contributed by atoms with van der Waals surface area (Å²) in [7, 11) is 0. The van der Waals surface area contributed by atoms with Gasteiger partial charge in [0, 0.05) is 12.0 Å². The van der Waals surface area contributed by atoms with Gasteiger partial charge < -0.3 is 5.11 Å². The van der Waals surface area contributed by atoms with Crippen LogP contribution in [0.4, 0.5) is 0 Å². The maximum atomic E-state index is 11.7. The summed E-state index contributed by atoms with van der Waals surface area (Å²) in [4.78, 5) is 11.7. The normalized spacial score (nSPS) is 25.3. The largest absolute Gasteiger partial charge is 0.382 e. The van der Waals surface area contributed by atoms with Crippen molar-refractivity contribution >= 4 is 5.78 Å². The summed E-state index contributed by atoms with van der Waals surface area (Å²) in [6.45, 7) is 5.59. The van der Waals surface area contributed by atoms with Crippen LogP contribution < -0.4 is 0 Å². The second kappa shape index (κ2) is 2.67. The van der Waals surface area contributed by atoms with Gasteiger partial charge in [0.25, 0.3) is 0 Å². The molecule has 0 spiro atoms. The fourth-order valence-electron chi connectivity index (χ4n) is 1.97. The lowest BCUT2D eigenvalue weighted by molar-refractivity contribution is 0.0461. The summed E-state index contributed by atoms with van der Waals surface area (Å²) in [6, 6.07) is 3.89. The molecule has 2 nitrogen and oxygen atoms in total. The molecule has 14 heavy (non-hydrogen) atoms. The third-order valence-electron chi connectivity index (χ3n) is 2.99. The second-order valence-corrected chi connectivity index (χ2v) is 4.37. The monoisotopic (exact) mass is 190 g/mol. The minimum Gasteiger partial charge on any atom is -0.382 e. The van der Waals surface area contributed by atoms with Gasteiger partial charge in [0.1, 0.15) is 5.60 Å². The van der Waals surface area contributed by atoms with Gasteiger partial charge in [-0.1, -0.05) is 6.07 Å². The van der Waals surface area contributed by atoms with E-state index in [2.05, 4.69) is 0 Å². The number of hydrogen-bond donors (Lipinski definition) is 1. The lowest BCUT2D eigenvalue weighted by atomic mass is 10.0. The van der Waals surface area contributed by atoms with Gasteiger partial charge in [0.2, 0.25) is 0 Å². The maximum absolute atomic E-state index is 11.7. The number of carbonyl (C=O) groups excluding carboxylic acids is 1. The topological polar surface area (TPSA) is 37.3 Å². The van der Waals surface area contributed by atoms with Crippen molar-refractivity contribution in [1.82, 2.24) is 0 Å². The van der Waals surface area contributed by atoms with Crippen LogP contribution in [0.15, 0.2) is 12.1 Å². The molecule has 74 valence electrons. The second-order valence-electron chi connectivity index (χ2n) is 4.37. The molecule has 0 amide bonds. The zero-order valence-electron chi connectivity index (χ0n) is 8.72. The van der Waals surface area contributed by atoms with Crippen molar-refractivity contribution < 1.29 is 9.90 Å². The van der Waals surface area contributed by atoms with Crippen LogP contribution in [-0.4, -0.2) is 16.5 Å². The van der Waals surface area contributed by atoms with E-state index in [1.54, 1.807) is 6.92 Å². The van der Waals surface area contributed by atoms with Crippen LogP contribution in [-0.2, 0) is 6.42 Å². The molecule has 0 bridgehead atoms. The van der Waals surface area contributed by atoms with Crippen LogP contribution in [0.3, 0.4) is 0 Å². The Morgan fingerprint density at radius 2 is 1.86 bits per heavy atom. The number of benzene rings is 1. The Morgan fingerprint density at radius 1 is 1.29 bits per heavy atom. The molecule has 1 aliphatic rings. The molecule has 1 unspecified atom stereocenters. The van der Waals surface area contributed by atoms with Crippen LogP contribution in [0.1, 0.15) is 34.0 Å². The van der Waals surface area contributed by atoms with Crippen molar-refractivity contribution in [2.45, 2.75) is 32.8 Å². The molecular weight excluding hydrogens is 176 g/mol. The van der Waals surface area contributed by atoms with Gasteiger partial charge in [0.15, 0.2) is 5.78 Å². The molecule has 1 aromatic carbocycles. The SMILES string of the molecule is Cc1cc2c(cc1C)C(=O)C(C)(O)C2. The summed E-state index contributed by atoms with van der Waals surface area (Å²) in [6.07, 6.45) is 0.447. The summed E-state index contributed by atoms with van der Waals surface area (Å²) in [5.41, 5.74) is 2.76. The first-order valence-electron chi connectivity index (χ1n) is 4.79. The highest BCUT2D eigenvalue weighted by Gasteiger charge is 2.39. The highest BCUT2D eigenvalue weighted by molar-refractivity contribution is 6.06. The van der Waals surface area contributed by atoms with Crippen molar-refractivity contribution in [3.05, 3.63) is 34.4 Å². The third-order valence-corrected chi connectivity index (χ3v) is 2.99. The van der Waals surface area contributed by atoms with Gasteiger partial charge in [-0.25, -0.2) is 0 Å². The minimum atomic E-state index is -1.19. The Balaban J connectivity index is 2.61. The van der Waals surface area contributed by atoms with E-state index in [9.17, 15) is 9.90 Å². The number of fused-ring (bicyclic) bond motifs is 1. The van der Waals surface area contributed by atoms with Crippen LogP contribution in [0.2, 0.25) is 0 Å². The molecule has 0 radical (unpaired) electrons. The number of hydrogen-bond acceptors (Lipinski definition) is 2. The zero-order chi connectivity index (χ0) is 10.5. The number of aliphatic hydroxyl groups is 1. The lowest BCUT2D eigenvalue weighted by Crippen LogP contribution is -2.31. The molecule has 0 aromatic heterocycles. The fourth-order valence-corrected chi connectivity index (χ4v) is 1.97. The first kappa shape index (κ1) is 9.41. The highest BCUT2D eigenvalue weighted by atomic mass is 16.3. The van der Waals surface area contributed by atoms with Gasteiger partial charge in [-0.3, -0.25) is 4.79 Å². The van der Waals surface area contributed by atoms with Gasteiger partial charge in [0.05, 0.1) is 0 Å². The van der Waals surface area contributed by atoms with Crippen molar-refractivity contribution in [2.24, 2.45) is 0 Å². The Bertz CT molecular complexity index is 417. The van der Waals surface area contributed by atoms with Crippen LogP contribution in [0.25, 0.3) is 0 Å². The predicted octanol–water partition coefficient (Wildman–Crippen LogP) is 1.79. The summed E-state index contributed by atoms with van der Waals surface area (Å²) in [5.74, 6) is -0.143. The molecule has 0 fully saturated rings. The van der Waals surface area contributed by atoms with Crippen LogP contribution in [0, 0.1) is 13.8 Å². The molecule has 1 aromatic rings. The molecule has 0 saturated carbocycles.